The summed E-state index contributed by atoms with van der Waals surface area (Å²) in [7, 11) is -3.59. The number of carbonyl (C=O) groups is 1. The smallest absolute Gasteiger partial charge is 0.229 e. The minimum absolute atomic E-state index is 0.00626. The molecule has 4 aromatic rings. The lowest BCUT2D eigenvalue weighted by Crippen LogP contribution is -2.43. The molecule has 44 heavy (non-hydrogen) atoms. The highest BCUT2D eigenvalue weighted by atomic mass is 32.2. The number of carbonyl (C=O) groups excluding carboxylic acids is 1. The number of sulfonamides is 1. The minimum Gasteiger partial charge on any atom is -0.508 e. The van der Waals surface area contributed by atoms with Gasteiger partial charge in [-0.2, -0.15) is 0 Å². The highest BCUT2D eigenvalue weighted by Gasteiger charge is 2.21. The number of β-amino-alcohol motifs (C(OH)–C–C–N with tert-alkyl or cyclic N) is 1. The molecule has 0 aromatic heterocycles. The summed E-state index contributed by atoms with van der Waals surface area (Å²) in [6, 6.07) is 27.1. The Bertz CT molecular complexity index is 1700. The molecule has 0 unspecified atom stereocenters. The molecule has 4 rings (SSSR count). The van der Waals surface area contributed by atoms with Gasteiger partial charge in [-0.15, -0.1) is 0 Å². The minimum atomic E-state index is -3.59. The number of amides is 1. The van der Waals surface area contributed by atoms with Crippen LogP contribution in [0.4, 0.5) is 5.69 Å². The van der Waals surface area contributed by atoms with Crippen LogP contribution in [-0.2, 0) is 34.2 Å². The summed E-state index contributed by atoms with van der Waals surface area (Å²) in [6.45, 7) is 4.63. The number of aromatic hydroxyl groups is 2. The second-order valence-electron chi connectivity index (χ2n) is 11.6. The van der Waals surface area contributed by atoms with Crippen LogP contribution in [0.5, 0.6) is 11.5 Å². The first kappa shape index (κ1) is 32.5. The fourth-order valence-electron chi connectivity index (χ4n) is 4.92. The van der Waals surface area contributed by atoms with Gasteiger partial charge in [0.2, 0.25) is 15.9 Å². The van der Waals surface area contributed by atoms with Crippen LogP contribution in [0.2, 0.25) is 0 Å². The van der Waals surface area contributed by atoms with E-state index in [0.717, 1.165) is 34.1 Å². The van der Waals surface area contributed by atoms with Gasteiger partial charge >= 0.3 is 0 Å². The molecule has 0 saturated heterocycles. The fourth-order valence-corrected chi connectivity index (χ4v) is 5.48. The number of nitrogens with one attached hydrogen (secondary N) is 3. The van der Waals surface area contributed by atoms with Crippen molar-refractivity contribution in [3.63, 3.8) is 0 Å². The van der Waals surface area contributed by atoms with Gasteiger partial charge in [0.15, 0.2) is 0 Å². The quantitative estimate of drug-likeness (QED) is 0.120. The number of hydrogen-bond acceptors (Lipinski definition) is 7. The third-order valence-corrected chi connectivity index (χ3v) is 7.68. The molecule has 4 aromatic carbocycles. The molecule has 10 heteroatoms. The molecule has 0 heterocycles. The predicted octanol–water partition coefficient (Wildman–Crippen LogP) is 4.64. The Morgan fingerprint density at radius 2 is 1.52 bits per heavy atom. The molecule has 0 saturated carbocycles. The van der Waals surface area contributed by atoms with Gasteiger partial charge in [-0.25, -0.2) is 8.42 Å². The number of hydrogen-bond donors (Lipinski definition) is 6. The van der Waals surface area contributed by atoms with Crippen LogP contribution in [0.25, 0.3) is 11.1 Å². The predicted molar refractivity (Wildman–Crippen MR) is 173 cm³/mol. The van der Waals surface area contributed by atoms with Crippen molar-refractivity contribution in [1.82, 2.24) is 10.6 Å². The SMILES string of the molecule is CC(C)(Cc1cccc(CC(=O)NCc2cccc(-c3ccc(O)cc3)c2)c1)NC[C@@H](O)c1ccc(O)c(NS(C)(=O)=O)c1. The first-order valence-electron chi connectivity index (χ1n) is 14.2. The molecule has 0 bridgehead atoms. The summed E-state index contributed by atoms with van der Waals surface area (Å²) in [5.74, 6) is -0.101. The van der Waals surface area contributed by atoms with Crippen LogP contribution in [0.1, 0.15) is 42.2 Å². The van der Waals surface area contributed by atoms with Crippen LogP contribution < -0.4 is 15.4 Å². The van der Waals surface area contributed by atoms with Crippen molar-refractivity contribution in [2.75, 3.05) is 17.5 Å². The van der Waals surface area contributed by atoms with E-state index in [1.807, 2.05) is 74.5 Å². The zero-order valence-electron chi connectivity index (χ0n) is 25.0. The van der Waals surface area contributed by atoms with Gasteiger partial charge in [0.1, 0.15) is 11.5 Å². The van der Waals surface area contributed by atoms with E-state index in [1.165, 1.54) is 12.1 Å². The summed E-state index contributed by atoms with van der Waals surface area (Å²) in [5, 5.41) is 36.6. The van der Waals surface area contributed by atoms with Gasteiger partial charge < -0.3 is 26.0 Å². The lowest BCUT2D eigenvalue weighted by atomic mass is 9.93. The molecule has 1 atom stereocenters. The zero-order valence-corrected chi connectivity index (χ0v) is 25.9. The number of aliphatic hydroxyl groups is 1. The number of phenolic OH excluding ortho intramolecular Hbond substituents is 2. The summed E-state index contributed by atoms with van der Waals surface area (Å²) >= 11 is 0. The van der Waals surface area contributed by atoms with E-state index in [2.05, 4.69) is 15.4 Å². The first-order chi connectivity index (χ1) is 20.8. The van der Waals surface area contributed by atoms with Crippen molar-refractivity contribution in [3.8, 4) is 22.6 Å². The third-order valence-electron chi connectivity index (χ3n) is 7.09. The van der Waals surface area contributed by atoms with E-state index in [1.54, 1.807) is 18.2 Å². The van der Waals surface area contributed by atoms with E-state index in [-0.39, 0.29) is 36.1 Å². The Balaban J connectivity index is 1.30. The second-order valence-corrected chi connectivity index (χ2v) is 13.4. The summed E-state index contributed by atoms with van der Waals surface area (Å²) in [4.78, 5) is 12.8. The fraction of sp³-hybridized carbons (Fsp3) is 0.265. The maximum absolute atomic E-state index is 12.8. The van der Waals surface area contributed by atoms with Crippen molar-refractivity contribution in [3.05, 3.63) is 113 Å². The number of anilines is 1. The van der Waals surface area contributed by atoms with E-state index in [9.17, 15) is 28.5 Å². The molecule has 232 valence electrons. The molecule has 0 spiro atoms. The molecule has 6 N–H and O–H groups in total. The maximum atomic E-state index is 12.8. The average molecular weight is 618 g/mol. The molecule has 9 nitrogen and oxygen atoms in total. The highest BCUT2D eigenvalue weighted by Crippen LogP contribution is 2.28. The topological polar surface area (TPSA) is 148 Å². The van der Waals surface area contributed by atoms with Crippen molar-refractivity contribution >= 4 is 21.6 Å². The Labute approximate surface area is 258 Å². The van der Waals surface area contributed by atoms with Gasteiger partial charge in [-0.05, 0) is 84.0 Å². The average Bonchev–Trinajstić information content (AvgIpc) is 2.96. The van der Waals surface area contributed by atoms with Crippen molar-refractivity contribution in [1.29, 1.82) is 0 Å². The van der Waals surface area contributed by atoms with E-state index < -0.39 is 21.7 Å². The van der Waals surface area contributed by atoms with Crippen molar-refractivity contribution in [2.24, 2.45) is 0 Å². The molecule has 1 amide bonds. The van der Waals surface area contributed by atoms with Gasteiger partial charge in [0.05, 0.1) is 24.5 Å². The van der Waals surface area contributed by atoms with E-state index >= 15 is 0 Å². The van der Waals surface area contributed by atoms with Crippen LogP contribution in [0, 0.1) is 0 Å². The molecule has 0 aliphatic carbocycles. The summed E-state index contributed by atoms with van der Waals surface area (Å²) < 4.78 is 25.4. The zero-order chi connectivity index (χ0) is 31.9. The molecular weight excluding hydrogens is 578 g/mol. The Morgan fingerprint density at radius 1 is 0.841 bits per heavy atom. The van der Waals surface area contributed by atoms with Crippen LogP contribution in [0.3, 0.4) is 0 Å². The van der Waals surface area contributed by atoms with Gasteiger partial charge in [-0.3, -0.25) is 9.52 Å². The van der Waals surface area contributed by atoms with Crippen molar-refractivity contribution < 1.29 is 28.5 Å². The number of benzene rings is 4. The number of aliphatic hydroxyl groups excluding tert-OH is 1. The molecule has 0 aliphatic heterocycles. The highest BCUT2D eigenvalue weighted by molar-refractivity contribution is 7.92. The van der Waals surface area contributed by atoms with E-state index in [0.29, 0.717) is 18.5 Å². The van der Waals surface area contributed by atoms with Gasteiger partial charge in [-0.1, -0.05) is 60.7 Å². The Morgan fingerprint density at radius 3 is 2.25 bits per heavy atom. The lowest BCUT2D eigenvalue weighted by Gasteiger charge is -2.28. The second kappa shape index (κ2) is 13.9. The van der Waals surface area contributed by atoms with Crippen molar-refractivity contribution in [2.45, 2.75) is 44.9 Å². The van der Waals surface area contributed by atoms with E-state index in [4.69, 9.17) is 0 Å². The maximum Gasteiger partial charge on any atom is 0.229 e. The largest absolute Gasteiger partial charge is 0.508 e. The molecule has 0 fully saturated rings. The monoisotopic (exact) mass is 617 g/mol. The summed E-state index contributed by atoms with van der Waals surface area (Å²) in [6.07, 6.45) is 0.923. The third kappa shape index (κ3) is 9.84. The standard InChI is InChI=1S/C34H39N3O6S/c1-34(2,36-22-32(40)28-12-15-31(39)30(19-28)37-44(3,42)43)20-24-7-4-6-23(16-24)18-33(41)35-21-25-8-5-9-27(17-25)26-10-13-29(38)14-11-26/h4-17,19,32,36-40H,18,20-22H2,1-3H3,(H,35,41)/t32-/m1/s1. The lowest BCUT2D eigenvalue weighted by molar-refractivity contribution is -0.120. The summed E-state index contributed by atoms with van der Waals surface area (Å²) in [5.41, 5.74) is 4.94. The molecule has 0 aliphatic rings. The first-order valence-corrected chi connectivity index (χ1v) is 16.1. The van der Waals surface area contributed by atoms with Crippen LogP contribution in [0.15, 0.2) is 91.0 Å². The van der Waals surface area contributed by atoms with Crippen LogP contribution >= 0.6 is 0 Å². The number of rotatable bonds is 13. The molecule has 0 radical (unpaired) electrons. The normalized spacial score (nSPS) is 12.5. The Hall–Kier alpha value is -4.38. The Kier molecular flexibility index (Phi) is 10.3. The molecular formula is C34H39N3O6S. The van der Waals surface area contributed by atoms with Crippen LogP contribution in [-0.4, -0.2) is 48.0 Å². The van der Waals surface area contributed by atoms with Gasteiger partial charge in [0.25, 0.3) is 0 Å². The number of phenols is 2. The van der Waals surface area contributed by atoms with Gasteiger partial charge in [0, 0.05) is 18.6 Å².